The highest BCUT2D eigenvalue weighted by Crippen LogP contribution is 2.27. The molecule has 2 saturated heterocycles. The van der Waals surface area contributed by atoms with Gasteiger partial charge in [-0.3, -0.25) is 4.79 Å². The van der Waals surface area contributed by atoms with E-state index in [0.717, 1.165) is 36.1 Å². The van der Waals surface area contributed by atoms with Crippen molar-refractivity contribution in [3.05, 3.63) is 36.0 Å². The summed E-state index contributed by atoms with van der Waals surface area (Å²) in [6.45, 7) is 2.85. The van der Waals surface area contributed by atoms with Crippen molar-refractivity contribution in [1.82, 2.24) is 15.2 Å². The molecule has 0 spiro atoms. The Morgan fingerprint density at radius 1 is 1.25 bits per heavy atom. The van der Waals surface area contributed by atoms with Crippen LogP contribution in [0.25, 0.3) is 10.9 Å². The molecular weight excluding hydrogens is 250 g/mol. The Morgan fingerprint density at radius 2 is 2.20 bits per heavy atom. The van der Waals surface area contributed by atoms with Crippen LogP contribution in [0, 0.1) is 5.92 Å². The molecule has 2 aliphatic heterocycles. The van der Waals surface area contributed by atoms with E-state index in [0.29, 0.717) is 12.0 Å². The number of nitrogens with zero attached hydrogens (tertiary/aromatic N) is 1. The highest BCUT2D eigenvalue weighted by Gasteiger charge is 2.36. The number of rotatable bonds is 1. The minimum atomic E-state index is 0.173. The maximum atomic E-state index is 12.8. The summed E-state index contributed by atoms with van der Waals surface area (Å²) in [5.41, 5.74) is 1.85. The second-order valence-corrected chi connectivity index (χ2v) is 5.92. The standard InChI is InChI=1S/C16H19N3O/c20-16(13-4-1-5-14-12(13)6-8-18-14)19-9-11-3-2-7-17-15(11)10-19/h1,4-6,8,11,15,17-18H,2-3,7,9-10H2/t11-,15+/m0/s1. The van der Waals surface area contributed by atoms with E-state index in [1.54, 1.807) is 0 Å². The minimum Gasteiger partial charge on any atom is -0.361 e. The summed E-state index contributed by atoms with van der Waals surface area (Å²) in [6.07, 6.45) is 4.37. The van der Waals surface area contributed by atoms with Crippen molar-refractivity contribution in [1.29, 1.82) is 0 Å². The van der Waals surface area contributed by atoms with Crippen molar-refractivity contribution in [3.8, 4) is 0 Å². The van der Waals surface area contributed by atoms with Gasteiger partial charge in [-0.2, -0.15) is 0 Å². The molecule has 2 aliphatic rings. The van der Waals surface area contributed by atoms with Crippen LogP contribution in [0.1, 0.15) is 23.2 Å². The van der Waals surface area contributed by atoms with Crippen molar-refractivity contribution in [2.45, 2.75) is 18.9 Å². The molecule has 2 N–H and O–H groups in total. The first-order valence-electron chi connectivity index (χ1n) is 7.42. The normalized spacial score (nSPS) is 25.9. The van der Waals surface area contributed by atoms with Crippen molar-refractivity contribution < 1.29 is 4.79 Å². The lowest BCUT2D eigenvalue weighted by Crippen LogP contribution is -2.41. The van der Waals surface area contributed by atoms with E-state index in [2.05, 4.69) is 10.3 Å². The lowest BCUT2D eigenvalue weighted by molar-refractivity contribution is 0.0787. The van der Waals surface area contributed by atoms with Crippen molar-refractivity contribution >= 4 is 16.8 Å². The van der Waals surface area contributed by atoms with Crippen LogP contribution in [0.4, 0.5) is 0 Å². The fourth-order valence-corrected chi connectivity index (χ4v) is 3.65. The van der Waals surface area contributed by atoms with Crippen LogP contribution in [0.2, 0.25) is 0 Å². The Bertz CT molecular complexity index is 634. The van der Waals surface area contributed by atoms with Crippen LogP contribution in [0.15, 0.2) is 30.5 Å². The van der Waals surface area contributed by atoms with Crippen molar-refractivity contribution in [2.24, 2.45) is 5.92 Å². The molecule has 2 fully saturated rings. The molecule has 0 unspecified atom stereocenters. The third kappa shape index (κ3) is 1.83. The number of piperidine rings is 1. The van der Waals surface area contributed by atoms with Gasteiger partial charge in [-0.1, -0.05) is 6.07 Å². The average molecular weight is 269 g/mol. The Balaban J connectivity index is 1.63. The molecule has 4 rings (SSSR count). The van der Waals surface area contributed by atoms with Crippen LogP contribution in [-0.2, 0) is 0 Å². The molecule has 2 atom stereocenters. The predicted octanol–water partition coefficient (Wildman–Crippen LogP) is 1.99. The fraction of sp³-hybridized carbons (Fsp3) is 0.438. The first-order chi connectivity index (χ1) is 9.83. The van der Waals surface area contributed by atoms with Gasteiger partial charge in [-0.05, 0) is 43.5 Å². The SMILES string of the molecule is O=C(c1cccc2[nH]ccc12)N1C[C@@H]2CCCN[C@@H]2C1. The molecule has 4 heteroatoms. The summed E-state index contributed by atoms with van der Waals surface area (Å²) in [5, 5.41) is 4.58. The number of aromatic amines is 1. The highest BCUT2D eigenvalue weighted by atomic mass is 16.2. The number of hydrogen-bond donors (Lipinski definition) is 2. The number of benzene rings is 1. The van der Waals surface area contributed by atoms with Gasteiger partial charge in [0.05, 0.1) is 0 Å². The van der Waals surface area contributed by atoms with Crippen LogP contribution in [-0.4, -0.2) is 41.5 Å². The van der Waals surface area contributed by atoms with Gasteiger partial charge >= 0.3 is 0 Å². The molecule has 0 radical (unpaired) electrons. The molecule has 2 aromatic rings. The van der Waals surface area contributed by atoms with E-state index >= 15 is 0 Å². The lowest BCUT2D eigenvalue weighted by atomic mass is 9.94. The van der Waals surface area contributed by atoms with Crippen LogP contribution < -0.4 is 5.32 Å². The second kappa shape index (κ2) is 4.63. The Labute approximate surface area is 118 Å². The van der Waals surface area contributed by atoms with Crippen LogP contribution in [0.3, 0.4) is 0 Å². The first kappa shape index (κ1) is 12.0. The Kier molecular flexibility index (Phi) is 2.77. The van der Waals surface area contributed by atoms with Gasteiger partial charge in [0, 0.05) is 41.8 Å². The molecule has 1 aromatic carbocycles. The molecule has 3 heterocycles. The van der Waals surface area contributed by atoms with Gasteiger partial charge < -0.3 is 15.2 Å². The number of fused-ring (bicyclic) bond motifs is 2. The van der Waals surface area contributed by atoms with E-state index in [-0.39, 0.29) is 5.91 Å². The third-order valence-electron chi connectivity index (χ3n) is 4.71. The zero-order chi connectivity index (χ0) is 13.5. The van der Waals surface area contributed by atoms with Gasteiger partial charge in [-0.15, -0.1) is 0 Å². The maximum absolute atomic E-state index is 12.8. The van der Waals surface area contributed by atoms with E-state index in [4.69, 9.17) is 0 Å². The number of carbonyl (C=O) groups excluding carboxylic acids is 1. The van der Waals surface area contributed by atoms with Gasteiger partial charge in [-0.25, -0.2) is 0 Å². The highest BCUT2D eigenvalue weighted by molar-refractivity contribution is 6.06. The van der Waals surface area contributed by atoms with E-state index in [9.17, 15) is 4.79 Å². The van der Waals surface area contributed by atoms with Crippen molar-refractivity contribution in [2.75, 3.05) is 19.6 Å². The zero-order valence-corrected chi connectivity index (χ0v) is 11.4. The Hall–Kier alpha value is -1.81. The molecule has 20 heavy (non-hydrogen) atoms. The lowest BCUT2D eigenvalue weighted by Gasteiger charge is -2.24. The monoisotopic (exact) mass is 269 g/mol. The molecule has 1 aromatic heterocycles. The Morgan fingerprint density at radius 3 is 3.10 bits per heavy atom. The summed E-state index contributed by atoms with van der Waals surface area (Å²) in [5.74, 6) is 0.810. The summed E-state index contributed by atoms with van der Waals surface area (Å²) >= 11 is 0. The summed E-state index contributed by atoms with van der Waals surface area (Å²) < 4.78 is 0. The molecule has 0 bridgehead atoms. The topological polar surface area (TPSA) is 48.1 Å². The molecule has 0 aliphatic carbocycles. The number of carbonyl (C=O) groups is 1. The number of hydrogen-bond acceptors (Lipinski definition) is 2. The fourth-order valence-electron chi connectivity index (χ4n) is 3.65. The van der Waals surface area contributed by atoms with E-state index in [1.165, 1.54) is 12.8 Å². The quantitative estimate of drug-likeness (QED) is 0.832. The predicted molar refractivity (Wildman–Crippen MR) is 78.7 cm³/mol. The average Bonchev–Trinajstić information content (AvgIpc) is 3.12. The van der Waals surface area contributed by atoms with E-state index in [1.807, 2.05) is 35.4 Å². The van der Waals surface area contributed by atoms with Gasteiger partial charge in [0.2, 0.25) is 0 Å². The smallest absolute Gasteiger partial charge is 0.254 e. The largest absolute Gasteiger partial charge is 0.361 e. The van der Waals surface area contributed by atoms with Gasteiger partial charge in [0.1, 0.15) is 0 Å². The number of aromatic nitrogens is 1. The number of likely N-dealkylation sites (tertiary alicyclic amines) is 1. The maximum Gasteiger partial charge on any atom is 0.254 e. The van der Waals surface area contributed by atoms with Crippen LogP contribution >= 0.6 is 0 Å². The summed E-state index contributed by atoms with van der Waals surface area (Å²) in [7, 11) is 0. The molecule has 4 nitrogen and oxygen atoms in total. The van der Waals surface area contributed by atoms with Crippen molar-refractivity contribution in [3.63, 3.8) is 0 Å². The third-order valence-corrected chi connectivity index (χ3v) is 4.71. The summed E-state index contributed by atoms with van der Waals surface area (Å²) in [4.78, 5) is 18.0. The van der Waals surface area contributed by atoms with E-state index < -0.39 is 0 Å². The summed E-state index contributed by atoms with van der Waals surface area (Å²) in [6, 6.07) is 8.39. The van der Waals surface area contributed by atoms with Gasteiger partial charge in [0.25, 0.3) is 5.91 Å². The number of H-pyrrole nitrogens is 1. The second-order valence-electron chi connectivity index (χ2n) is 5.92. The number of nitrogens with one attached hydrogen (secondary N) is 2. The first-order valence-corrected chi connectivity index (χ1v) is 7.42. The molecule has 1 amide bonds. The molecule has 104 valence electrons. The van der Waals surface area contributed by atoms with Gasteiger partial charge in [0.15, 0.2) is 0 Å². The zero-order valence-electron chi connectivity index (χ0n) is 11.4. The number of amides is 1. The molecule has 0 saturated carbocycles. The minimum absolute atomic E-state index is 0.173. The molecular formula is C16H19N3O. The van der Waals surface area contributed by atoms with Crippen LogP contribution in [0.5, 0.6) is 0 Å².